The summed E-state index contributed by atoms with van der Waals surface area (Å²) >= 11 is 6.09. The lowest BCUT2D eigenvalue weighted by molar-refractivity contribution is -0.137. The van der Waals surface area contributed by atoms with Gasteiger partial charge >= 0.3 is 6.18 Å². The van der Waals surface area contributed by atoms with Crippen LogP contribution in [-0.4, -0.2) is 5.91 Å². The van der Waals surface area contributed by atoms with Crippen molar-refractivity contribution in [1.29, 1.82) is 0 Å². The van der Waals surface area contributed by atoms with Gasteiger partial charge in [-0.3, -0.25) is 4.79 Å². The van der Waals surface area contributed by atoms with E-state index in [9.17, 15) is 18.0 Å². The molecule has 0 radical (unpaired) electrons. The predicted octanol–water partition coefficient (Wildman–Crippen LogP) is 6.79. The van der Waals surface area contributed by atoms with Gasteiger partial charge in [0.15, 0.2) is 0 Å². The third-order valence-electron chi connectivity index (χ3n) is 5.21. The largest absolute Gasteiger partial charge is 0.416 e. The molecule has 0 bridgehead atoms. The summed E-state index contributed by atoms with van der Waals surface area (Å²) < 4.78 is 38.8. The van der Waals surface area contributed by atoms with Crippen LogP contribution in [0, 0.1) is 11.8 Å². The molecule has 27 heavy (non-hydrogen) atoms. The van der Waals surface area contributed by atoms with Gasteiger partial charge in [0, 0.05) is 22.2 Å². The quantitative estimate of drug-likeness (QED) is 0.609. The van der Waals surface area contributed by atoms with E-state index >= 15 is 0 Å². The molecule has 1 N–H and O–H groups in total. The Morgan fingerprint density at radius 1 is 1.07 bits per heavy atom. The maximum absolute atomic E-state index is 12.9. The maximum atomic E-state index is 12.9. The fourth-order valence-electron chi connectivity index (χ4n) is 3.60. The van der Waals surface area contributed by atoms with Crippen molar-refractivity contribution in [2.75, 3.05) is 5.32 Å². The minimum absolute atomic E-state index is 0.00653. The van der Waals surface area contributed by atoms with Crippen molar-refractivity contribution in [2.45, 2.75) is 38.8 Å². The summed E-state index contributed by atoms with van der Waals surface area (Å²) in [5.41, 5.74) is 0.760. The molecule has 1 aliphatic rings. The molecule has 0 aliphatic heterocycles. The van der Waals surface area contributed by atoms with E-state index in [2.05, 4.69) is 12.2 Å². The highest BCUT2D eigenvalue weighted by atomic mass is 35.5. The summed E-state index contributed by atoms with van der Waals surface area (Å²) in [7, 11) is 0. The Labute approximate surface area is 161 Å². The molecular weight excluding hydrogens is 375 g/mol. The first-order chi connectivity index (χ1) is 12.8. The third-order valence-corrected chi connectivity index (χ3v) is 5.53. The first-order valence-corrected chi connectivity index (χ1v) is 9.41. The standard InChI is InChI=1S/C21H21ClF3NO/c1-13-4-2-3-5-17(13)20(27)26-16-9-6-14(7-10-16)18-12-15(21(23,24)25)8-11-19(18)22/h6-13,17H,2-5H2,1H3,(H,26,27). The number of alkyl halides is 3. The molecule has 2 nitrogen and oxygen atoms in total. The predicted molar refractivity (Wildman–Crippen MR) is 102 cm³/mol. The van der Waals surface area contributed by atoms with E-state index in [-0.39, 0.29) is 16.8 Å². The molecule has 2 aromatic rings. The van der Waals surface area contributed by atoms with Crippen molar-refractivity contribution in [1.82, 2.24) is 0 Å². The minimum Gasteiger partial charge on any atom is -0.326 e. The molecule has 1 saturated carbocycles. The summed E-state index contributed by atoms with van der Waals surface area (Å²) in [4.78, 5) is 12.5. The first kappa shape index (κ1) is 19.7. The Morgan fingerprint density at radius 2 is 1.74 bits per heavy atom. The summed E-state index contributed by atoms with van der Waals surface area (Å²) in [6, 6.07) is 9.97. The number of amides is 1. The van der Waals surface area contributed by atoms with Crippen molar-refractivity contribution in [3.05, 3.63) is 53.1 Å². The average molecular weight is 396 g/mol. The van der Waals surface area contributed by atoms with Gasteiger partial charge in [0.2, 0.25) is 5.91 Å². The number of rotatable bonds is 3. The van der Waals surface area contributed by atoms with Gasteiger partial charge in [-0.25, -0.2) is 0 Å². The van der Waals surface area contributed by atoms with Crippen LogP contribution in [0.25, 0.3) is 11.1 Å². The monoisotopic (exact) mass is 395 g/mol. The molecule has 1 fully saturated rings. The number of halogens is 4. The Kier molecular flexibility index (Phi) is 5.80. The molecule has 144 valence electrons. The Hall–Kier alpha value is -2.01. The number of benzene rings is 2. The van der Waals surface area contributed by atoms with Crippen molar-refractivity contribution in [3.8, 4) is 11.1 Å². The van der Waals surface area contributed by atoms with Crippen LogP contribution in [-0.2, 0) is 11.0 Å². The van der Waals surface area contributed by atoms with E-state index < -0.39 is 11.7 Å². The summed E-state index contributed by atoms with van der Waals surface area (Å²) in [6.07, 6.45) is -0.243. The van der Waals surface area contributed by atoms with Crippen molar-refractivity contribution in [2.24, 2.45) is 11.8 Å². The highest BCUT2D eigenvalue weighted by Crippen LogP contribution is 2.36. The molecule has 0 aromatic heterocycles. The van der Waals surface area contributed by atoms with E-state index in [1.54, 1.807) is 24.3 Å². The average Bonchev–Trinajstić information content (AvgIpc) is 2.62. The van der Waals surface area contributed by atoms with Crippen LogP contribution in [0.15, 0.2) is 42.5 Å². The second-order valence-electron chi connectivity index (χ2n) is 7.13. The molecule has 1 amide bonds. The van der Waals surface area contributed by atoms with Crippen LogP contribution in [0.5, 0.6) is 0 Å². The van der Waals surface area contributed by atoms with Crippen LogP contribution in [0.3, 0.4) is 0 Å². The molecule has 6 heteroatoms. The second kappa shape index (κ2) is 7.93. The van der Waals surface area contributed by atoms with Crippen LogP contribution in [0.2, 0.25) is 5.02 Å². The van der Waals surface area contributed by atoms with Crippen LogP contribution in [0.1, 0.15) is 38.2 Å². The molecule has 0 saturated heterocycles. The van der Waals surface area contributed by atoms with Crippen LogP contribution >= 0.6 is 11.6 Å². The summed E-state index contributed by atoms with van der Waals surface area (Å²) in [5, 5.41) is 3.17. The fourth-order valence-corrected chi connectivity index (χ4v) is 3.82. The lowest BCUT2D eigenvalue weighted by atomic mass is 9.80. The van der Waals surface area contributed by atoms with Gasteiger partial charge in [0.05, 0.1) is 5.56 Å². The molecule has 2 aromatic carbocycles. The number of hydrogen-bond donors (Lipinski definition) is 1. The SMILES string of the molecule is CC1CCCCC1C(=O)Nc1ccc(-c2cc(C(F)(F)F)ccc2Cl)cc1. The first-order valence-electron chi connectivity index (χ1n) is 9.04. The van der Waals surface area contributed by atoms with Gasteiger partial charge in [0.25, 0.3) is 0 Å². The Balaban J connectivity index is 1.77. The molecule has 0 heterocycles. The summed E-state index contributed by atoms with van der Waals surface area (Å²) in [6.45, 7) is 2.10. The summed E-state index contributed by atoms with van der Waals surface area (Å²) in [5.74, 6) is 0.380. The maximum Gasteiger partial charge on any atom is 0.416 e. The number of carbonyl (C=O) groups is 1. The molecular formula is C21H21ClF3NO. The van der Waals surface area contributed by atoms with Crippen LogP contribution in [0.4, 0.5) is 18.9 Å². The van der Waals surface area contributed by atoms with E-state index in [4.69, 9.17) is 11.6 Å². The highest BCUT2D eigenvalue weighted by molar-refractivity contribution is 6.33. The van der Waals surface area contributed by atoms with Gasteiger partial charge < -0.3 is 5.32 Å². The molecule has 0 spiro atoms. The number of hydrogen-bond acceptors (Lipinski definition) is 1. The molecule has 2 atom stereocenters. The van der Waals surface area contributed by atoms with Crippen LogP contribution < -0.4 is 5.32 Å². The Morgan fingerprint density at radius 3 is 2.37 bits per heavy atom. The van der Waals surface area contributed by atoms with E-state index in [0.717, 1.165) is 37.8 Å². The van der Waals surface area contributed by atoms with E-state index in [1.165, 1.54) is 6.07 Å². The molecule has 2 unspecified atom stereocenters. The lowest BCUT2D eigenvalue weighted by Gasteiger charge is -2.27. The number of carbonyl (C=O) groups excluding carboxylic acids is 1. The zero-order valence-corrected chi connectivity index (χ0v) is 15.7. The van der Waals surface area contributed by atoms with Gasteiger partial charge in [0.1, 0.15) is 0 Å². The highest BCUT2D eigenvalue weighted by Gasteiger charge is 2.31. The minimum atomic E-state index is -4.43. The second-order valence-corrected chi connectivity index (χ2v) is 7.53. The zero-order chi connectivity index (χ0) is 19.6. The number of anilines is 1. The zero-order valence-electron chi connectivity index (χ0n) is 14.9. The van der Waals surface area contributed by atoms with Crippen molar-refractivity contribution >= 4 is 23.2 Å². The third kappa shape index (κ3) is 4.64. The molecule has 3 rings (SSSR count). The van der Waals surface area contributed by atoms with Gasteiger partial charge in [-0.2, -0.15) is 13.2 Å². The normalized spacial score (nSPS) is 20.3. The molecule has 1 aliphatic carbocycles. The fraction of sp³-hybridized carbons (Fsp3) is 0.381. The Bertz CT molecular complexity index is 817. The smallest absolute Gasteiger partial charge is 0.326 e. The number of nitrogens with one attached hydrogen (secondary N) is 1. The van der Waals surface area contributed by atoms with E-state index in [0.29, 0.717) is 22.7 Å². The van der Waals surface area contributed by atoms with Gasteiger partial charge in [-0.05, 0) is 54.7 Å². The van der Waals surface area contributed by atoms with Gasteiger partial charge in [-0.15, -0.1) is 0 Å². The van der Waals surface area contributed by atoms with Gasteiger partial charge in [-0.1, -0.05) is 43.5 Å². The topological polar surface area (TPSA) is 29.1 Å². The lowest BCUT2D eigenvalue weighted by Crippen LogP contribution is -2.30. The van der Waals surface area contributed by atoms with Crippen molar-refractivity contribution in [3.63, 3.8) is 0 Å². The van der Waals surface area contributed by atoms with Crippen molar-refractivity contribution < 1.29 is 18.0 Å². The van der Waals surface area contributed by atoms with E-state index in [1.807, 2.05) is 0 Å².